The Bertz CT molecular complexity index is 913. The number of ether oxygens (including phenoxy) is 1. The highest BCUT2D eigenvalue weighted by Crippen LogP contribution is 2.53. The van der Waals surface area contributed by atoms with Crippen LogP contribution in [0.5, 0.6) is 11.5 Å². The normalized spacial score (nSPS) is 20.9. The Morgan fingerprint density at radius 1 is 1.00 bits per heavy atom. The van der Waals surface area contributed by atoms with E-state index < -0.39 is 23.2 Å². The molecule has 0 aliphatic heterocycles. The molecule has 4 rings (SSSR count). The molecule has 1 saturated carbocycles. The third-order valence-electron chi connectivity index (χ3n) is 5.66. The molecule has 0 unspecified atom stereocenters. The molecule has 5 heteroatoms. The number of hydrogen-bond donors (Lipinski definition) is 1. The minimum Gasteiger partial charge on any atom is -0.505 e. The molecular formula is C22H21F3O2. The molecule has 0 spiro atoms. The molecule has 0 amide bonds. The largest absolute Gasteiger partial charge is 0.505 e. The van der Waals surface area contributed by atoms with E-state index in [1.807, 2.05) is 6.92 Å². The number of fused-ring (bicyclic) bond motifs is 4. The van der Waals surface area contributed by atoms with Crippen LogP contribution < -0.4 is 4.74 Å². The molecule has 2 aliphatic carbocycles. The van der Waals surface area contributed by atoms with Crippen LogP contribution in [0.15, 0.2) is 30.4 Å². The van der Waals surface area contributed by atoms with Crippen LogP contribution in [0.4, 0.5) is 13.2 Å². The Balaban J connectivity index is 1.49. The molecule has 142 valence electrons. The Morgan fingerprint density at radius 3 is 2.41 bits per heavy atom. The fourth-order valence-corrected chi connectivity index (χ4v) is 4.17. The standard InChI is InChI=1S/C22H21F3O2/c1-2-3-12-4-6-13(7-5-12)11-27-17-9-8-14-15-10-16(26)20(23)22(25)19(15)18(14)21(17)24/h2-3,8-10,12-13,26H,4-7,11H2,1H3/b3-2+. The van der Waals surface area contributed by atoms with E-state index in [0.717, 1.165) is 31.7 Å². The van der Waals surface area contributed by atoms with E-state index in [4.69, 9.17) is 4.74 Å². The predicted octanol–water partition coefficient (Wildman–Crippen LogP) is 6.22. The summed E-state index contributed by atoms with van der Waals surface area (Å²) in [6.45, 7) is 2.44. The molecule has 1 N–H and O–H groups in total. The minimum atomic E-state index is -1.36. The molecule has 0 bridgehead atoms. The van der Waals surface area contributed by atoms with E-state index in [2.05, 4.69) is 12.2 Å². The van der Waals surface area contributed by atoms with E-state index in [9.17, 15) is 18.3 Å². The topological polar surface area (TPSA) is 29.5 Å². The number of hydrogen-bond acceptors (Lipinski definition) is 2. The van der Waals surface area contributed by atoms with Crippen LogP contribution >= 0.6 is 0 Å². The van der Waals surface area contributed by atoms with E-state index >= 15 is 0 Å². The molecular weight excluding hydrogens is 353 g/mol. The van der Waals surface area contributed by atoms with Crippen molar-refractivity contribution in [3.05, 3.63) is 47.8 Å². The van der Waals surface area contributed by atoms with Gasteiger partial charge < -0.3 is 9.84 Å². The molecule has 0 saturated heterocycles. The lowest BCUT2D eigenvalue weighted by Crippen LogP contribution is -2.19. The summed E-state index contributed by atoms with van der Waals surface area (Å²) in [4.78, 5) is 0. The second-order valence-electron chi connectivity index (χ2n) is 7.36. The average Bonchev–Trinajstić information content (AvgIpc) is 2.65. The number of phenolic OH excluding ortho intramolecular Hbond substituents is 1. The summed E-state index contributed by atoms with van der Waals surface area (Å²) in [5, 5.41) is 9.43. The van der Waals surface area contributed by atoms with Crippen LogP contribution in [0.25, 0.3) is 22.3 Å². The highest BCUT2D eigenvalue weighted by Gasteiger charge is 2.34. The molecule has 2 aliphatic rings. The maximum absolute atomic E-state index is 14.8. The molecule has 0 heterocycles. The predicted molar refractivity (Wildman–Crippen MR) is 98.2 cm³/mol. The van der Waals surface area contributed by atoms with Crippen LogP contribution in [0.2, 0.25) is 0 Å². The highest BCUT2D eigenvalue weighted by atomic mass is 19.2. The zero-order chi connectivity index (χ0) is 19.1. The first-order valence-electron chi connectivity index (χ1n) is 9.31. The molecule has 2 nitrogen and oxygen atoms in total. The first kappa shape index (κ1) is 18.0. The monoisotopic (exact) mass is 374 g/mol. The van der Waals surface area contributed by atoms with Gasteiger partial charge in [0.25, 0.3) is 0 Å². The average molecular weight is 374 g/mol. The van der Waals surface area contributed by atoms with Gasteiger partial charge in [0.2, 0.25) is 5.82 Å². The summed E-state index contributed by atoms with van der Waals surface area (Å²) in [5.41, 5.74) is 0.663. The van der Waals surface area contributed by atoms with Crippen molar-refractivity contribution in [2.75, 3.05) is 6.61 Å². The Morgan fingerprint density at radius 2 is 1.70 bits per heavy atom. The number of phenols is 1. The van der Waals surface area contributed by atoms with Gasteiger partial charge in [-0.3, -0.25) is 0 Å². The molecule has 1 fully saturated rings. The summed E-state index contributed by atoms with van der Waals surface area (Å²) in [7, 11) is 0. The SMILES string of the molecule is C/C=C/C1CCC(COc2ccc3c(c2F)-c2c-3cc(O)c(F)c2F)CC1. The van der Waals surface area contributed by atoms with Gasteiger partial charge in [-0.05, 0) is 73.8 Å². The molecule has 2 aromatic carbocycles. The Labute approximate surface area is 156 Å². The smallest absolute Gasteiger partial charge is 0.201 e. The summed E-state index contributed by atoms with van der Waals surface area (Å²) in [6, 6.07) is 4.26. The van der Waals surface area contributed by atoms with Crippen LogP contribution in [-0.2, 0) is 0 Å². The van der Waals surface area contributed by atoms with Gasteiger partial charge in [-0.15, -0.1) is 0 Å². The lowest BCUT2D eigenvalue weighted by Gasteiger charge is -2.28. The maximum atomic E-state index is 14.8. The first-order valence-corrected chi connectivity index (χ1v) is 9.31. The molecule has 2 aromatic rings. The number of rotatable bonds is 4. The van der Waals surface area contributed by atoms with Gasteiger partial charge in [-0.2, -0.15) is 4.39 Å². The zero-order valence-corrected chi connectivity index (χ0v) is 15.1. The number of allylic oxidation sites excluding steroid dienone is 2. The summed E-state index contributed by atoms with van der Waals surface area (Å²) in [5.74, 6) is -2.99. The third-order valence-corrected chi connectivity index (χ3v) is 5.66. The van der Waals surface area contributed by atoms with Crippen molar-refractivity contribution in [2.24, 2.45) is 11.8 Å². The molecule has 0 atom stereocenters. The van der Waals surface area contributed by atoms with Crippen molar-refractivity contribution in [3.8, 4) is 33.8 Å². The Kier molecular flexibility index (Phi) is 4.62. The number of halogens is 3. The molecule has 0 aromatic heterocycles. The van der Waals surface area contributed by atoms with E-state index in [1.54, 1.807) is 6.07 Å². The van der Waals surface area contributed by atoms with Crippen LogP contribution in [0.1, 0.15) is 32.6 Å². The fraction of sp³-hybridized carbons (Fsp3) is 0.364. The van der Waals surface area contributed by atoms with Gasteiger partial charge in [0.1, 0.15) is 0 Å². The second-order valence-corrected chi connectivity index (χ2v) is 7.36. The summed E-state index contributed by atoms with van der Waals surface area (Å²) >= 11 is 0. The Hall–Kier alpha value is -2.43. The van der Waals surface area contributed by atoms with Crippen molar-refractivity contribution < 1.29 is 23.0 Å². The zero-order valence-electron chi connectivity index (χ0n) is 15.1. The minimum absolute atomic E-state index is 0.0238. The van der Waals surface area contributed by atoms with E-state index in [1.165, 1.54) is 6.07 Å². The lowest BCUT2D eigenvalue weighted by molar-refractivity contribution is 0.189. The van der Waals surface area contributed by atoms with Crippen molar-refractivity contribution in [3.63, 3.8) is 0 Å². The first-order chi connectivity index (χ1) is 13.0. The van der Waals surface area contributed by atoms with Crippen molar-refractivity contribution >= 4 is 0 Å². The van der Waals surface area contributed by atoms with Gasteiger partial charge in [0.05, 0.1) is 6.61 Å². The van der Waals surface area contributed by atoms with Gasteiger partial charge >= 0.3 is 0 Å². The maximum Gasteiger partial charge on any atom is 0.201 e. The number of aromatic hydroxyl groups is 1. The number of benzene rings is 2. The van der Waals surface area contributed by atoms with Gasteiger partial charge in [0.15, 0.2) is 23.1 Å². The van der Waals surface area contributed by atoms with Crippen molar-refractivity contribution in [2.45, 2.75) is 32.6 Å². The van der Waals surface area contributed by atoms with Gasteiger partial charge in [0, 0.05) is 11.1 Å². The van der Waals surface area contributed by atoms with Crippen molar-refractivity contribution in [1.29, 1.82) is 0 Å². The molecule has 27 heavy (non-hydrogen) atoms. The van der Waals surface area contributed by atoms with Crippen molar-refractivity contribution in [1.82, 2.24) is 0 Å². The van der Waals surface area contributed by atoms with Crippen LogP contribution in [0, 0.1) is 29.3 Å². The summed E-state index contributed by atoms with van der Waals surface area (Å²) in [6.07, 6.45) is 8.58. The fourth-order valence-electron chi connectivity index (χ4n) is 4.17. The highest BCUT2D eigenvalue weighted by molar-refractivity contribution is 6.04. The van der Waals surface area contributed by atoms with Crippen LogP contribution in [-0.4, -0.2) is 11.7 Å². The van der Waals surface area contributed by atoms with Crippen LogP contribution in [0.3, 0.4) is 0 Å². The second kappa shape index (κ2) is 6.95. The summed E-state index contributed by atoms with van der Waals surface area (Å²) < 4.78 is 48.3. The van der Waals surface area contributed by atoms with E-state index in [-0.39, 0.29) is 16.9 Å². The molecule has 0 radical (unpaired) electrons. The lowest BCUT2D eigenvalue weighted by atomic mass is 9.79. The van der Waals surface area contributed by atoms with Gasteiger partial charge in [-0.25, -0.2) is 8.78 Å². The van der Waals surface area contributed by atoms with E-state index in [0.29, 0.717) is 29.6 Å². The third kappa shape index (κ3) is 2.99. The van der Waals surface area contributed by atoms with Gasteiger partial charge in [-0.1, -0.05) is 12.2 Å². The quantitative estimate of drug-likeness (QED) is 0.550.